The molecule has 2 aromatic heterocycles. The Morgan fingerprint density at radius 2 is 1.34 bits per heavy atom. The molecule has 0 radical (unpaired) electrons. The molecule has 4 nitrogen and oxygen atoms in total. The number of hydrogen-bond donors (Lipinski definition) is 0. The Bertz CT molecular complexity index is 1380. The van der Waals surface area contributed by atoms with Crippen LogP contribution in [0.15, 0.2) is 77.2 Å². The van der Waals surface area contributed by atoms with Crippen molar-refractivity contribution < 1.29 is 4.42 Å². The van der Waals surface area contributed by atoms with Gasteiger partial charge in [0, 0.05) is 11.0 Å². The molecule has 0 aliphatic heterocycles. The molecule has 0 aliphatic rings. The second-order valence-corrected chi connectivity index (χ2v) is 9.46. The van der Waals surface area contributed by atoms with Crippen molar-refractivity contribution in [2.45, 2.75) is 40.0 Å². The summed E-state index contributed by atoms with van der Waals surface area (Å²) in [6, 6.07) is 25.4. The van der Waals surface area contributed by atoms with Crippen LogP contribution in [-0.2, 0) is 5.41 Å². The summed E-state index contributed by atoms with van der Waals surface area (Å²) < 4.78 is 8.37. The molecule has 5 aromatic rings. The Labute approximate surface area is 188 Å². The molecule has 0 unspecified atom stereocenters. The van der Waals surface area contributed by atoms with E-state index in [1.54, 1.807) is 0 Å². The fraction of sp³-hybridized carbons (Fsp3) is 0.214. The molecule has 0 atom stereocenters. The van der Waals surface area contributed by atoms with E-state index in [1.165, 1.54) is 22.3 Å². The average Bonchev–Trinajstić information content (AvgIpc) is 3.32. The Morgan fingerprint density at radius 1 is 0.719 bits per heavy atom. The normalized spacial score (nSPS) is 11.9. The van der Waals surface area contributed by atoms with Crippen LogP contribution >= 0.6 is 0 Å². The molecule has 4 heteroatoms. The SMILES string of the molecule is Cc1cc(C)cc(-c2nc3nc(C(C)(C)C)oc3n2-c2ccc(-c3ccccc3)cc2)c1. The van der Waals surface area contributed by atoms with Gasteiger partial charge in [-0.2, -0.15) is 4.98 Å². The third kappa shape index (κ3) is 3.62. The summed E-state index contributed by atoms with van der Waals surface area (Å²) >= 11 is 0. The number of aryl methyl sites for hydroxylation is 2. The summed E-state index contributed by atoms with van der Waals surface area (Å²) in [7, 11) is 0. The van der Waals surface area contributed by atoms with Gasteiger partial charge >= 0.3 is 0 Å². The zero-order chi connectivity index (χ0) is 22.5. The van der Waals surface area contributed by atoms with Crippen LogP contribution in [-0.4, -0.2) is 14.5 Å². The lowest BCUT2D eigenvalue weighted by Gasteiger charge is -2.13. The summed E-state index contributed by atoms with van der Waals surface area (Å²) in [6.07, 6.45) is 0. The molecule has 0 N–H and O–H groups in total. The van der Waals surface area contributed by atoms with E-state index in [2.05, 4.69) is 106 Å². The van der Waals surface area contributed by atoms with Crippen LogP contribution in [0.2, 0.25) is 0 Å². The fourth-order valence-electron chi connectivity index (χ4n) is 4.06. The van der Waals surface area contributed by atoms with Crippen molar-refractivity contribution in [2.24, 2.45) is 0 Å². The Balaban J connectivity index is 1.71. The van der Waals surface area contributed by atoms with E-state index in [9.17, 15) is 0 Å². The van der Waals surface area contributed by atoms with Gasteiger partial charge in [0.05, 0.1) is 5.69 Å². The van der Waals surface area contributed by atoms with E-state index in [0.29, 0.717) is 17.3 Å². The summed E-state index contributed by atoms with van der Waals surface area (Å²) in [4.78, 5) is 9.64. The van der Waals surface area contributed by atoms with E-state index in [1.807, 2.05) is 6.07 Å². The molecule has 0 fully saturated rings. The number of benzene rings is 3. The van der Waals surface area contributed by atoms with Gasteiger partial charge in [-0.3, -0.25) is 4.57 Å². The van der Waals surface area contributed by atoms with Crippen molar-refractivity contribution in [3.8, 4) is 28.2 Å². The number of oxazole rings is 1. The van der Waals surface area contributed by atoms with Gasteiger partial charge in [0.15, 0.2) is 0 Å². The lowest BCUT2D eigenvalue weighted by atomic mass is 9.97. The van der Waals surface area contributed by atoms with Crippen LogP contribution in [0.5, 0.6) is 0 Å². The molecule has 0 saturated heterocycles. The second-order valence-electron chi connectivity index (χ2n) is 9.46. The number of fused-ring (bicyclic) bond motifs is 1. The Hall–Kier alpha value is -3.66. The summed E-state index contributed by atoms with van der Waals surface area (Å²) in [5.74, 6) is 1.53. The monoisotopic (exact) mass is 421 g/mol. The third-order valence-electron chi connectivity index (χ3n) is 5.57. The zero-order valence-electron chi connectivity index (χ0n) is 19.2. The number of aromatic nitrogens is 3. The minimum atomic E-state index is -0.192. The molecule has 0 aliphatic carbocycles. The smallest absolute Gasteiger partial charge is 0.253 e. The average molecular weight is 422 g/mol. The van der Waals surface area contributed by atoms with Crippen LogP contribution in [0.4, 0.5) is 0 Å². The van der Waals surface area contributed by atoms with Crippen molar-refractivity contribution >= 4 is 11.4 Å². The van der Waals surface area contributed by atoms with E-state index >= 15 is 0 Å². The summed E-state index contributed by atoms with van der Waals surface area (Å²) in [5.41, 5.74) is 7.95. The first-order valence-corrected chi connectivity index (χ1v) is 10.9. The Morgan fingerprint density at radius 3 is 1.97 bits per heavy atom. The van der Waals surface area contributed by atoms with Crippen LogP contribution < -0.4 is 0 Å². The van der Waals surface area contributed by atoms with Gasteiger partial charge in [0.2, 0.25) is 11.5 Å². The van der Waals surface area contributed by atoms with Crippen molar-refractivity contribution in [2.75, 3.05) is 0 Å². The molecule has 0 bridgehead atoms. The first kappa shape index (κ1) is 20.3. The maximum absolute atomic E-state index is 6.28. The molecule has 160 valence electrons. The minimum Gasteiger partial charge on any atom is -0.421 e. The molecule has 0 saturated carbocycles. The van der Waals surface area contributed by atoms with E-state index < -0.39 is 0 Å². The van der Waals surface area contributed by atoms with E-state index in [0.717, 1.165) is 17.1 Å². The lowest BCUT2D eigenvalue weighted by Crippen LogP contribution is -2.11. The Kier molecular flexibility index (Phi) is 4.74. The maximum atomic E-state index is 6.28. The molecule has 0 spiro atoms. The molecular formula is C28H27N3O. The molecular weight excluding hydrogens is 394 g/mol. The lowest BCUT2D eigenvalue weighted by molar-refractivity contribution is 0.404. The van der Waals surface area contributed by atoms with Gasteiger partial charge in [-0.1, -0.05) is 80.4 Å². The van der Waals surface area contributed by atoms with Crippen molar-refractivity contribution in [1.82, 2.24) is 14.5 Å². The van der Waals surface area contributed by atoms with Crippen LogP contribution in [0.25, 0.3) is 39.6 Å². The number of nitrogens with zero attached hydrogens (tertiary/aromatic N) is 3. The zero-order valence-corrected chi connectivity index (χ0v) is 19.2. The van der Waals surface area contributed by atoms with Gasteiger partial charge in [-0.15, -0.1) is 0 Å². The largest absolute Gasteiger partial charge is 0.421 e. The van der Waals surface area contributed by atoms with Crippen LogP contribution in [0.3, 0.4) is 0 Å². The number of hydrogen-bond acceptors (Lipinski definition) is 3. The summed E-state index contributed by atoms with van der Waals surface area (Å²) in [6.45, 7) is 10.5. The molecule has 2 heterocycles. The fourth-order valence-corrected chi connectivity index (χ4v) is 4.06. The highest BCUT2D eigenvalue weighted by Gasteiger charge is 2.26. The van der Waals surface area contributed by atoms with Gasteiger partial charge in [0.25, 0.3) is 5.71 Å². The van der Waals surface area contributed by atoms with Crippen molar-refractivity contribution in [3.05, 3.63) is 89.8 Å². The van der Waals surface area contributed by atoms with Gasteiger partial charge < -0.3 is 4.42 Å². The predicted octanol–water partition coefficient (Wildman–Crippen LogP) is 7.26. The third-order valence-corrected chi connectivity index (χ3v) is 5.57. The van der Waals surface area contributed by atoms with Gasteiger partial charge in [-0.05, 0) is 49.2 Å². The standard InChI is InChI=1S/C28H27N3O/c1-18-15-19(2)17-22(16-18)25-29-24-26(32-27(30-24)28(3,4)5)31(25)23-13-11-21(12-14-23)20-9-7-6-8-10-20/h6-17H,1-5H3. The van der Waals surface area contributed by atoms with Gasteiger partial charge in [-0.25, -0.2) is 4.98 Å². The van der Waals surface area contributed by atoms with Gasteiger partial charge in [0.1, 0.15) is 5.82 Å². The first-order valence-electron chi connectivity index (χ1n) is 10.9. The quantitative estimate of drug-likeness (QED) is 0.308. The summed E-state index contributed by atoms with van der Waals surface area (Å²) in [5, 5.41) is 0. The molecule has 32 heavy (non-hydrogen) atoms. The topological polar surface area (TPSA) is 43.9 Å². The second kappa shape index (κ2) is 7.49. The molecule has 0 amide bonds. The van der Waals surface area contributed by atoms with Crippen molar-refractivity contribution in [1.29, 1.82) is 0 Å². The van der Waals surface area contributed by atoms with Crippen LogP contribution in [0.1, 0.15) is 37.8 Å². The minimum absolute atomic E-state index is 0.192. The highest BCUT2D eigenvalue weighted by atomic mass is 16.4. The van der Waals surface area contributed by atoms with Crippen LogP contribution in [0, 0.1) is 13.8 Å². The predicted molar refractivity (Wildman–Crippen MR) is 130 cm³/mol. The van der Waals surface area contributed by atoms with Crippen molar-refractivity contribution in [3.63, 3.8) is 0 Å². The highest BCUT2D eigenvalue weighted by Crippen LogP contribution is 2.33. The molecule has 5 rings (SSSR count). The highest BCUT2D eigenvalue weighted by molar-refractivity contribution is 5.77. The molecule has 3 aromatic carbocycles. The maximum Gasteiger partial charge on any atom is 0.253 e. The first-order chi connectivity index (χ1) is 15.3. The van der Waals surface area contributed by atoms with E-state index in [-0.39, 0.29) is 5.41 Å². The number of imidazole rings is 1. The van der Waals surface area contributed by atoms with E-state index in [4.69, 9.17) is 14.4 Å². The number of rotatable bonds is 3.